The summed E-state index contributed by atoms with van der Waals surface area (Å²) >= 11 is 0. The maximum atomic E-state index is 12.0. The highest BCUT2D eigenvalue weighted by molar-refractivity contribution is 7.91. The molecule has 1 atom stereocenters. The number of alkyl halides is 3. The van der Waals surface area contributed by atoms with Gasteiger partial charge in [0.05, 0.1) is 22.5 Å². The van der Waals surface area contributed by atoms with Gasteiger partial charge in [-0.3, -0.25) is 0 Å². The van der Waals surface area contributed by atoms with E-state index in [9.17, 15) is 21.6 Å². The van der Waals surface area contributed by atoms with Crippen molar-refractivity contribution in [1.82, 2.24) is 15.1 Å². The summed E-state index contributed by atoms with van der Waals surface area (Å²) in [6.45, 7) is 9.11. The number of carboxylic acids is 1. The lowest BCUT2D eigenvalue weighted by molar-refractivity contribution is -0.192. The summed E-state index contributed by atoms with van der Waals surface area (Å²) in [4.78, 5) is 9.40. The molecule has 1 aromatic heterocycles. The molecule has 1 unspecified atom stereocenters. The number of aromatic nitrogens is 2. The van der Waals surface area contributed by atoms with Gasteiger partial charge in [0.2, 0.25) is 0 Å². The first kappa shape index (κ1) is 27.4. The normalized spacial score (nSPS) is 15.1. The monoisotopic (exact) mass is 523 g/mol. The average molecular weight is 524 g/mol. The smallest absolute Gasteiger partial charge is 0.475 e. The number of nitrogens with one attached hydrogen (secondary N) is 1. The maximum Gasteiger partial charge on any atom is 0.490 e. The van der Waals surface area contributed by atoms with E-state index in [4.69, 9.17) is 9.90 Å². The van der Waals surface area contributed by atoms with Crippen LogP contribution in [0.4, 0.5) is 13.2 Å². The van der Waals surface area contributed by atoms with Gasteiger partial charge in [-0.05, 0) is 68.5 Å². The minimum Gasteiger partial charge on any atom is -0.475 e. The molecular weight excluding hydrogens is 495 g/mol. The van der Waals surface area contributed by atoms with Crippen molar-refractivity contribution < 1.29 is 31.5 Å². The third-order valence-electron chi connectivity index (χ3n) is 6.06. The molecule has 1 aliphatic heterocycles. The summed E-state index contributed by atoms with van der Waals surface area (Å²) in [6.07, 6.45) is -2.53. The first-order chi connectivity index (χ1) is 16.7. The van der Waals surface area contributed by atoms with Gasteiger partial charge in [0, 0.05) is 23.8 Å². The van der Waals surface area contributed by atoms with Gasteiger partial charge in [0.15, 0.2) is 9.84 Å². The molecule has 7 nitrogen and oxygen atoms in total. The van der Waals surface area contributed by atoms with Crippen molar-refractivity contribution in [3.63, 3.8) is 0 Å². The molecule has 0 saturated heterocycles. The molecule has 36 heavy (non-hydrogen) atoms. The molecule has 2 heterocycles. The zero-order chi connectivity index (χ0) is 26.8. The van der Waals surface area contributed by atoms with E-state index in [-0.39, 0.29) is 11.8 Å². The second-order valence-electron chi connectivity index (χ2n) is 8.80. The molecule has 1 aliphatic rings. The van der Waals surface area contributed by atoms with E-state index in [1.165, 1.54) is 11.1 Å². The zero-order valence-electron chi connectivity index (χ0n) is 20.3. The summed E-state index contributed by atoms with van der Waals surface area (Å²) in [5.41, 5.74) is 7.85. The molecule has 2 aromatic carbocycles. The van der Waals surface area contributed by atoms with Gasteiger partial charge in [0.25, 0.3) is 0 Å². The average Bonchev–Trinajstić information content (AvgIpc) is 3.32. The number of halogens is 3. The van der Waals surface area contributed by atoms with Gasteiger partial charge in [0.1, 0.15) is 0 Å². The number of carbonyl (C=O) groups is 1. The van der Waals surface area contributed by atoms with E-state index in [0.717, 1.165) is 28.1 Å². The lowest BCUT2D eigenvalue weighted by Crippen LogP contribution is -2.21. The first-order valence-electron chi connectivity index (χ1n) is 11.2. The summed E-state index contributed by atoms with van der Waals surface area (Å²) in [7, 11) is -3.06. The maximum absolute atomic E-state index is 12.0. The Morgan fingerprint density at radius 3 is 2.47 bits per heavy atom. The summed E-state index contributed by atoms with van der Waals surface area (Å²) in [5, 5.41) is 15.3. The summed E-state index contributed by atoms with van der Waals surface area (Å²) < 4.78 is 57.7. The third-order valence-corrected chi connectivity index (χ3v) is 7.87. The molecule has 0 aliphatic carbocycles. The van der Waals surface area contributed by atoms with Crippen molar-refractivity contribution >= 4 is 15.8 Å². The van der Waals surface area contributed by atoms with Crippen LogP contribution in [0.2, 0.25) is 0 Å². The Kier molecular flexibility index (Phi) is 7.94. The largest absolute Gasteiger partial charge is 0.490 e. The molecular formula is C25H28F3N3O4S. The van der Waals surface area contributed by atoms with Crippen LogP contribution in [-0.2, 0) is 27.6 Å². The van der Waals surface area contributed by atoms with Crippen molar-refractivity contribution in [1.29, 1.82) is 0 Å². The Hall–Kier alpha value is -3.18. The number of aliphatic carboxylic acids is 1. The van der Waals surface area contributed by atoms with Crippen LogP contribution in [0.25, 0.3) is 5.69 Å². The topological polar surface area (TPSA) is 101 Å². The predicted molar refractivity (Wildman–Crippen MR) is 129 cm³/mol. The Labute approximate surface area is 207 Å². The minimum atomic E-state index is -5.08. The first-order valence-corrected chi connectivity index (χ1v) is 12.9. The lowest BCUT2D eigenvalue weighted by Gasteiger charge is -2.15. The fraction of sp³-hybridized carbons (Fsp3) is 0.360. The number of fused-ring (bicyclic) bond motifs is 1. The second-order valence-corrected chi connectivity index (χ2v) is 10.9. The van der Waals surface area contributed by atoms with Crippen LogP contribution < -0.4 is 5.32 Å². The molecule has 0 fully saturated rings. The van der Waals surface area contributed by atoms with Crippen LogP contribution in [0.1, 0.15) is 46.5 Å². The minimum absolute atomic E-state index is 0.130. The van der Waals surface area contributed by atoms with E-state index >= 15 is 0 Å². The second kappa shape index (κ2) is 10.4. The van der Waals surface area contributed by atoms with E-state index < -0.39 is 22.0 Å². The number of nitrogens with zero attached hydrogens (tertiary/aromatic N) is 2. The number of rotatable bonds is 5. The van der Waals surface area contributed by atoms with E-state index in [1.807, 2.05) is 23.0 Å². The van der Waals surface area contributed by atoms with Crippen LogP contribution in [0.3, 0.4) is 0 Å². The highest BCUT2D eigenvalue weighted by atomic mass is 32.2. The fourth-order valence-corrected chi connectivity index (χ4v) is 5.56. The van der Waals surface area contributed by atoms with E-state index in [1.54, 1.807) is 6.07 Å². The molecule has 0 saturated carbocycles. The van der Waals surface area contributed by atoms with Crippen LogP contribution in [0.15, 0.2) is 47.5 Å². The van der Waals surface area contributed by atoms with Crippen molar-refractivity contribution in [2.75, 3.05) is 5.75 Å². The molecule has 0 amide bonds. The Morgan fingerprint density at radius 1 is 1.17 bits per heavy atom. The number of aryl methyl sites for hydroxylation is 3. The number of carboxylic acid groups (broad SMARTS) is 1. The van der Waals surface area contributed by atoms with Gasteiger partial charge in [-0.1, -0.05) is 24.3 Å². The van der Waals surface area contributed by atoms with Crippen molar-refractivity contribution in [3.8, 4) is 5.69 Å². The van der Waals surface area contributed by atoms with E-state index in [2.05, 4.69) is 56.3 Å². The predicted octanol–water partition coefficient (Wildman–Crippen LogP) is 4.61. The molecule has 0 spiro atoms. The molecule has 3 aromatic rings. The van der Waals surface area contributed by atoms with Gasteiger partial charge >= 0.3 is 12.1 Å². The number of hydrogen-bond acceptors (Lipinski definition) is 5. The van der Waals surface area contributed by atoms with E-state index in [0.29, 0.717) is 17.9 Å². The molecule has 194 valence electrons. The Balaban J connectivity index is 0.000000454. The molecule has 11 heteroatoms. The molecule has 0 bridgehead atoms. The van der Waals surface area contributed by atoms with Gasteiger partial charge in [-0.2, -0.15) is 18.3 Å². The Bertz CT molecular complexity index is 1380. The Morgan fingerprint density at radius 2 is 1.83 bits per heavy atom. The molecule has 0 radical (unpaired) electrons. The van der Waals surface area contributed by atoms with Crippen LogP contribution in [0, 0.1) is 20.8 Å². The van der Waals surface area contributed by atoms with Gasteiger partial charge in [-0.25, -0.2) is 17.9 Å². The standard InChI is InChI=1S/C23H27N3O2S.C2HF3O2/c1-15-5-6-16(2)22(11-15)26-18(4)21(14-25-26)17(3)24-13-19-7-8-23-20(12-19)9-10-29(23,27)28;3-2(4,5)1(6)7/h5-8,11-12,14,17,24H,9-10,13H2,1-4H3;(H,6,7). The number of hydrogen-bond donors (Lipinski definition) is 2. The van der Waals surface area contributed by atoms with Crippen molar-refractivity contribution in [2.24, 2.45) is 0 Å². The van der Waals surface area contributed by atoms with Crippen LogP contribution in [-0.4, -0.2) is 41.2 Å². The zero-order valence-corrected chi connectivity index (χ0v) is 21.2. The van der Waals surface area contributed by atoms with Crippen LogP contribution in [0.5, 0.6) is 0 Å². The van der Waals surface area contributed by atoms with Gasteiger partial charge in [-0.15, -0.1) is 0 Å². The third kappa shape index (κ3) is 6.14. The van der Waals surface area contributed by atoms with Crippen molar-refractivity contribution in [3.05, 3.63) is 76.1 Å². The summed E-state index contributed by atoms with van der Waals surface area (Å²) in [6, 6.07) is 12.2. The number of sulfone groups is 1. The van der Waals surface area contributed by atoms with Gasteiger partial charge < -0.3 is 10.4 Å². The highest BCUT2D eigenvalue weighted by Gasteiger charge is 2.38. The fourth-order valence-electron chi connectivity index (χ4n) is 4.01. The highest BCUT2D eigenvalue weighted by Crippen LogP contribution is 2.27. The molecule has 4 rings (SSSR count). The number of benzene rings is 2. The van der Waals surface area contributed by atoms with Crippen LogP contribution >= 0.6 is 0 Å². The quantitative estimate of drug-likeness (QED) is 0.507. The lowest BCUT2D eigenvalue weighted by atomic mass is 10.1. The SMILES string of the molecule is Cc1ccc(C)c(-n2ncc(C(C)NCc3ccc4c(c3)CCS4(=O)=O)c2C)c1.O=C(O)C(F)(F)F. The molecule has 2 N–H and O–H groups in total. The summed E-state index contributed by atoms with van der Waals surface area (Å²) in [5.74, 6) is -2.53. The van der Waals surface area contributed by atoms with Crippen molar-refractivity contribution in [2.45, 2.75) is 57.8 Å².